The highest BCUT2D eigenvalue weighted by atomic mass is 32.2. The molecule has 1 N–H and O–H groups in total. The standard InChI is InChI=1S/C16H20N2S2/c1-3-19-12-9-7-11(8-10-12)16-18-15-13(17-2)5-4-6-14(15)20-16/h7-10,13,17H,3-6H2,1-2H3. The molecule has 1 aromatic carbocycles. The van der Waals surface area contributed by atoms with Crippen molar-refractivity contribution in [2.45, 2.75) is 37.1 Å². The zero-order valence-corrected chi connectivity index (χ0v) is 13.6. The molecule has 1 aliphatic carbocycles. The lowest BCUT2D eigenvalue weighted by Crippen LogP contribution is -2.21. The van der Waals surface area contributed by atoms with Gasteiger partial charge in [-0.15, -0.1) is 23.1 Å². The molecule has 0 fully saturated rings. The molecule has 1 atom stereocenters. The fraction of sp³-hybridized carbons (Fsp3) is 0.438. The SMILES string of the molecule is CCSc1ccc(-c2nc3c(s2)CCCC3NC)cc1. The van der Waals surface area contributed by atoms with Gasteiger partial charge in [-0.05, 0) is 44.2 Å². The largest absolute Gasteiger partial charge is 0.312 e. The quantitative estimate of drug-likeness (QED) is 0.841. The van der Waals surface area contributed by atoms with E-state index in [0.29, 0.717) is 6.04 Å². The number of hydrogen-bond acceptors (Lipinski definition) is 4. The number of hydrogen-bond donors (Lipinski definition) is 1. The Hall–Kier alpha value is -0.840. The number of nitrogens with one attached hydrogen (secondary N) is 1. The Balaban J connectivity index is 1.89. The minimum atomic E-state index is 0.443. The lowest BCUT2D eigenvalue weighted by molar-refractivity contribution is 0.490. The van der Waals surface area contributed by atoms with Crippen LogP contribution in [0.3, 0.4) is 0 Å². The molecular weight excluding hydrogens is 284 g/mol. The molecular formula is C16H20N2S2. The minimum absolute atomic E-state index is 0.443. The van der Waals surface area contributed by atoms with Crippen molar-refractivity contribution in [2.24, 2.45) is 0 Å². The van der Waals surface area contributed by atoms with Crippen LogP contribution in [0, 0.1) is 0 Å². The second kappa shape index (κ2) is 6.29. The Morgan fingerprint density at radius 3 is 2.85 bits per heavy atom. The van der Waals surface area contributed by atoms with Gasteiger partial charge < -0.3 is 5.32 Å². The van der Waals surface area contributed by atoms with Crippen LogP contribution in [0.25, 0.3) is 10.6 Å². The lowest BCUT2D eigenvalue weighted by Gasteiger charge is -2.19. The molecule has 0 bridgehead atoms. The van der Waals surface area contributed by atoms with Crippen LogP contribution in [0.4, 0.5) is 0 Å². The summed E-state index contributed by atoms with van der Waals surface area (Å²) >= 11 is 3.75. The van der Waals surface area contributed by atoms with E-state index in [1.807, 2.05) is 30.1 Å². The second-order valence-corrected chi connectivity index (χ2v) is 7.44. The van der Waals surface area contributed by atoms with Crippen LogP contribution in [0.1, 0.15) is 36.4 Å². The predicted molar refractivity (Wildman–Crippen MR) is 88.7 cm³/mol. The second-order valence-electron chi connectivity index (χ2n) is 5.02. The summed E-state index contributed by atoms with van der Waals surface area (Å²) in [6.07, 6.45) is 3.67. The molecule has 0 saturated heterocycles. The van der Waals surface area contributed by atoms with Gasteiger partial charge in [-0.25, -0.2) is 4.98 Å². The van der Waals surface area contributed by atoms with Crippen LogP contribution >= 0.6 is 23.1 Å². The van der Waals surface area contributed by atoms with Crippen molar-refractivity contribution >= 4 is 23.1 Å². The average molecular weight is 304 g/mol. The maximum atomic E-state index is 4.90. The number of thioether (sulfide) groups is 1. The number of aryl methyl sites for hydroxylation is 1. The Bertz CT molecular complexity index is 575. The zero-order chi connectivity index (χ0) is 13.9. The lowest BCUT2D eigenvalue weighted by atomic mass is 9.98. The van der Waals surface area contributed by atoms with Gasteiger partial charge >= 0.3 is 0 Å². The van der Waals surface area contributed by atoms with Gasteiger partial charge in [0.25, 0.3) is 0 Å². The number of benzene rings is 1. The summed E-state index contributed by atoms with van der Waals surface area (Å²) in [5.74, 6) is 1.12. The smallest absolute Gasteiger partial charge is 0.123 e. The number of thiazole rings is 1. The summed E-state index contributed by atoms with van der Waals surface area (Å²) in [6.45, 7) is 2.19. The summed E-state index contributed by atoms with van der Waals surface area (Å²) in [4.78, 5) is 7.71. The molecule has 3 rings (SSSR count). The topological polar surface area (TPSA) is 24.9 Å². The van der Waals surface area contributed by atoms with E-state index < -0.39 is 0 Å². The van der Waals surface area contributed by atoms with E-state index in [1.54, 1.807) is 0 Å². The van der Waals surface area contributed by atoms with Crippen molar-refractivity contribution in [3.8, 4) is 10.6 Å². The number of rotatable bonds is 4. The Labute approximate surface area is 129 Å². The summed E-state index contributed by atoms with van der Waals surface area (Å²) in [5.41, 5.74) is 2.53. The Kier molecular flexibility index (Phi) is 4.44. The number of aromatic nitrogens is 1. The molecule has 1 unspecified atom stereocenters. The van der Waals surface area contributed by atoms with Crippen LogP contribution in [0.5, 0.6) is 0 Å². The molecule has 0 aliphatic heterocycles. The third-order valence-corrected chi connectivity index (χ3v) is 5.79. The molecule has 0 amide bonds. The maximum absolute atomic E-state index is 4.90. The Morgan fingerprint density at radius 1 is 1.35 bits per heavy atom. The molecule has 1 heterocycles. The first-order valence-corrected chi connectivity index (χ1v) is 9.02. The number of fused-ring (bicyclic) bond motifs is 1. The summed E-state index contributed by atoms with van der Waals surface area (Å²) in [7, 11) is 2.04. The summed E-state index contributed by atoms with van der Waals surface area (Å²) < 4.78 is 0. The van der Waals surface area contributed by atoms with E-state index in [2.05, 4.69) is 36.5 Å². The van der Waals surface area contributed by atoms with Crippen LogP contribution in [0.2, 0.25) is 0 Å². The van der Waals surface area contributed by atoms with Gasteiger partial charge in [-0.1, -0.05) is 19.1 Å². The van der Waals surface area contributed by atoms with Gasteiger partial charge in [0.1, 0.15) is 5.01 Å². The summed E-state index contributed by atoms with van der Waals surface area (Å²) in [6, 6.07) is 9.27. The minimum Gasteiger partial charge on any atom is -0.312 e. The van der Waals surface area contributed by atoms with Gasteiger partial charge in [0.2, 0.25) is 0 Å². The van der Waals surface area contributed by atoms with Gasteiger partial charge in [-0.2, -0.15) is 0 Å². The first-order chi connectivity index (χ1) is 9.81. The highest BCUT2D eigenvalue weighted by Crippen LogP contribution is 2.37. The van der Waals surface area contributed by atoms with Crippen molar-refractivity contribution in [3.63, 3.8) is 0 Å². The van der Waals surface area contributed by atoms with Crippen LogP contribution in [0.15, 0.2) is 29.2 Å². The predicted octanol–water partition coefficient (Wildman–Crippen LogP) is 4.52. The van der Waals surface area contributed by atoms with Crippen LogP contribution in [-0.4, -0.2) is 17.8 Å². The van der Waals surface area contributed by atoms with Crippen LogP contribution < -0.4 is 5.32 Å². The molecule has 4 heteroatoms. The first kappa shape index (κ1) is 14.1. The van der Waals surface area contributed by atoms with Gasteiger partial charge in [0.15, 0.2) is 0 Å². The zero-order valence-electron chi connectivity index (χ0n) is 12.0. The molecule has 2 nitrogen and oxygen atoms in total. The van der Waals surface area contributed by atoms with Crippen molar-refractivity contribution in [1.29, 1.82) is 0 Å². The van der Waals surface area contributed by atoms with Crippen molar-refractivity contribution in [3.05, 3.63) is 34.8 Å². The average Bonchev–Trinajstić information content (AvgIpc) is 2.92. The fourth-order valence-electron chi connectivity index (χ4n) is 2.68. The molecule has 20 heavy (non-hydrogen) atoms. The molecule has 1 aromatic heterocycles. The maximum Gasteiger partial charge on any atom is 0.123 e. The Morgan fingerprint density at radius 2 is 2.15 bits per heavy atom. The van der Waals surface area contributed by atoms with E-state index in [-0.39, 0.29) is 0 Å². The van der Waals surface area contributed by atoms with E-state index in [0.717, 1.165) is 5.75 Å². The molecule has 1 aliphatic rings. The van der Waals surface area contributed by atoms with Gasteiger partial charge in [0.05, 0.1) is 11.7 Å². The van der Waals surface area contributed by atoms with E-state index in [1.165, 1.54) is 45.3 Å². The monoisotopic (exact) mass is 304 g/mol. The highest BCUT2D eigenvalue weighted by Gasteiger charge is 2.23. The van der Waals surface area contributed by atoms with E-state index in [9.17, 15) is 0 Å². The number of nitrogens with zero attached hydrogens (tertiary/aromatic N) is 1. The molecule has 106 valence electrons. The third kappa shape index (κ3) is 2.78. The normalized spacial score (nSPS) is 18.0. The summed E-state index contributed by atoms with van der Waals surface area (Å²) in [5, 5.41) is 4.56. The molecule has 0 spiro atoms. The van der Waals surface area contributed by atoms with Crippen molar-refractivity contribution in [2.75, 3.05) is 12.8 Å². The third-order valence-electron chi connectivity index (χ3n) is 3.71. The first-order valence-electron chi connectivity index (χ1n) is 7.22. The van der Waals surface area contributed by atoms with Gasteiger partial charge in [-0.3, -0.25) is 0 Å². The fourth-order valence-corrected chi connectivity index (χ4v) is 4.52. The van der Waals surface area contributed by atoms with E-state index in [4.69, 9.17) is 4.98 Å². The molecule has 0 radical (unpaired) electrons. The van der Waals surface area contributed by atoms with Crippen LogP contribution in [-0.2, 0) is 6.42 Å². The van der Waals surface area contributed by atoms with E-state index >= 15 is 0 Å². The highest BCUT2D eigenvalue weighted by molar-refractivity contribution is 7.99. The molecule has 2 aromatic rings. The van der Waals surface area contributed by atoms with Gasteiger partial charge in [0, 0.05) is 15.3 Å². The van der Waals surface area contributed by atoms with Crippen molar-refractivity contribution in [1.82, 2.24) is 10.3 Å². The molecule has 0 saturated carbocycles. The van der Waals surface area contributed by atoms with Crippen molar-refractivity contribution < 1.29 is 0 Å².